The molecule has 7 nitrogen and oxygen atoms in total. The number of ether oxygens (including phenoxy) is 1. The molecular weight excluding hydrogens is 264 g/mol. The number of hydrogen-bond donors (Lipinski definition) is 4. The number of benzene rings is 1. The first-order chi connectivity index (χ1) is 9.49. The molecule has 0 heterocycles. The maximum atomic E-state index is 11.7. The maximum absolute atomic E-state index is 11.7. The van der Waals surface area contributed by atoms with E-state index in [0.717, 1.165) is 12.8 Å². The van der Waals surface area contributed by atoms with E-state index in [2.05, 4.69) is 10.6 Å². The molecule has 0 atom stereocenters. The predicted molar refractivity (Wildman–Crippen MR) is 71.0 cm³/mol. The Labute approximate surface area is 115 Å². The molecule has 1 aliphatic rings. The molecule has 1 aliphatic carbocycles. The number of aromatic hydroxyl groups is 1. The Bertz CT molecular complexity index is 525. The van der Waals surface area contributed by atoms with Crippen LogP contribution in [0.15, 0.2) is 18.2 Å². The number of aromatic carboxylic acids is 1. The number of anilines is 1. The van der Waals surface area contributed by atoms with Crippen LogP contribution in [0.3, 0.4) is 0 Å². The van der Waals surface area contributed by atoms with Crippen molar-refractivity contribution in [1.29, 1.82) is 0 Å². The Morgan fingerprint density at radius 2 is 2.05 bits per heavy atom. The zero-order valence-electron chi connectivity index (χ0n) is 10.9. The van der Waals surface area contributed by atoms with Crippen LogP contribution in [0.5, 0.6) is 5.75 Å². The molecule has 0 aliphatic heterocycles. The van der Waals surface area contributed by atoms with Crippen molar-refractivity contribution in [3.05, 3.63) is 23.8 Å². The number of carboxylic acids is 1. The Kier molecular flexibility index (Phi) is 4.09. The van der Waals surface area contributed by atoms with E-state index in [1.165, 1.54) is 18.2 Å². The third-order valence-electron chi connectivity index (χ3n) is 3.25. The molecule has 4 N–H and O–H groups in total. The Hall–Kier alpha value is -2.28. The Balaban J connectivity index is 1.88. The molecule has 7 heteroatoms. The topological polar surface area (TPSA) is 108 Å². The fraction of sp³-hybridized carbons (Fsp3) is 0.385. The summed E-state index contributed by atoms with van der Waals surface area (Å²) in [6.07, 6.45) is 1.74. The van der Waals surface area contributed by atoms with Crippen LogP contribution in [0.4, 0.5) is 10.5 Å². The fourth-order valence-corrected chi connectivity index (χ4v) is 2.02. The zero-order valence-corrected chi connectivity index (χ0v) is 10.9. The van der Waals surface area contributed by atoms with Crippen molar-refractivity contribution in [3.63, 3.8) is 0 Å². The molecule has 2 amide bonds. The molecule has 0 spiro atoms. The Morgan fingerprint density at radius 3 is 2.60 bits per heavy atom. The van der Waals surface area contributed by atoms with Gasteiger partial charge in [-0.2, -0.15) is 0 Å². The molecule has 0 radical (unpaired) electrons. The fourth-order valence-electron chi connectivity index (χ4n) is 2.02. The molecule has 0 unspecified atom stereocenters. The number of amides is 2. The largest absolute Gasteiger partial charge is 0.507 e. The van der Waals surface area contributed by atoms with Crippen molar-refractivity contribution >= 4 is 17.7 Å². The van der Waals surface area contributed by atoms with Crippen molar-refractivity contribution in [2.75, 3.05) is 12.4 Å². The molecular formula is C13H16N2O5. The summed E-state index contributed by atoms with van der Waals surface area (Å²) in [5.74, 6) is -1.61. The van der Waals surface area contributed by atoms with E-state index in [4.69, 9.17) is 9.84 Å². The quantitative estimate of drug-likeness (QED) is 0.666. The summed E-state index contributed by atoms with van der Waals surface area (Å²) in [4.78, 5) is 22.4. The molecule has 0 aromatic heterocycles. The normalized spacial score (nSPS) is 20.9. The molecule has 108 valence electrons. The van der Waals surface area contributed by atoms with Crippen molar-refractivity contribution in [2.24, 2.45) is 0 Å². The monoisotopic (exact) mass is 280 g/mol. The van der Waals surface area contributed by atoms with E-state index >= 15 is 0 Å². The summed E-state index contributed by atoms with van der Waals surface area (Å²) in [6, 6.07) is 3.53. The highest BCUT2D eigenvalue weighted by atomic mass is 16.5. The second-order valence-corrected chi connectivity index (χ2v) is 4.66. The molecule has 1 aromatic rings. The minimum Gasteiger partial charge on any atom is -0.507 e. The van der Waals surface area contributed by atoms with Gasteiger partial charge in [0.15, 0.2) is 0 Å². The zero-order chi connectivity index (χ0) is 14.7. The molecule has 1 fully saturated rings. The van der Waals surface area contributed by atoms with Gasteiger partial charge in [0.2, 0.25) is 0 Å². The van der Waals surface area contributed by atoms with E-state index in [0.29, 0.717) is 5.69 Å². The molecule has 1 aromatic carbocycles. The highest BCUT2D eigenvalue weighted by Gasteiger charge is 2.30. The van der Waals surface area contributed by atoms with Crippen molar-refractivity contribution < 1.29 is 24.5 Å². The van der Waals surface area contributed by atoms with Crippen LogP contribution in [0, 0.1) is 0 Å². The number of nitrogens with one attached hydrogen (secondary N) is 2. The first kappa shape index (κ1) is 14.1. The van der Waals surface area contributed by atoms with Gasteiger partial charge in [-0.25, -0.2) is 9.59 Å². The summed E-state index contributed by atoms with van der Waals surface area (Å²) in [5.41, 5.74) is 0.116. The van der Waals surface area contributed by atoms with Gasteiger partial charge in [0, 0.05) is 24.9 Å². The van der Waals surface area contributed by atoms with Crippen LogP contribution in [0.1, 0.15) is 23.2 Å². The van der Waals surface area contributed by atoms with Gasteiger partial charge >= 0.3 is 12.0 Å². The minimum atomic E-state index is -1.22. The van der Waals surface area contributed by atoms with Crippen LogP contribution in [0.25, 0.3) is 0 Å². The summed E-state index contributed by atoms with van der Waals surface area (Å²) in [5, 5.41) is 23.6. The predicted octanol–water partition coefficient (Wildman–Crippen LogP) is 1.39. The number of urea groups is 1. The molecule has 2 rings (SSSR count). The van der Waals surface area contributed by atoms with Gasteiger partial charge in [0.1, 0.15) is 11.3 Å². The van der Waals surface area contributed by atoms with E-state index in [-0.39, 0.29) is 17.7 Å². The summed E-state index contributed by atoms with van der Waals surface area (Å²) in [6.45, 7) is 0. The van der Waals surface area contributed by atoms with Crippen molar-refractivity contribution in [3.8, 4) is 5.75 Å². The third-order valence-corrected chi connectivity index (χ3v) is 3.25. The van der Waals surface area contributed by atoms with E-state index in [1.54, 1.807) is 7.11 Å². The first-order valence-electron chi connectivity index (χ1n) is 6.16. The number of carbonyl (C=O) groups excluding carboxylic acids is 1. The number of hydrogen-bond acceptors (Lipinski definition) is 4. The lowest BCUT2D eigenvalue weighted by molar-refractivity contribution is 0.0210. The standard InChI is InChI=1S/C13H16N2O5/c1-20-9-4-8(5-9)15-13(19)14-7-2-3-10(12(17)18)11(16)6-7/h2-3,6,8-9,16H,4-5H2,1H3,(H,17,18)(H2,14,15,19). The summed E-state index contributed by atoms with van der Waals surface area (Å²) < 4.78 is 5.11. The molecule has 1 saturated carbocycles. The lowest BCUT2D eigenvalue weighted by Crippen LogP contribution is -2.48. The first-order valence-corrected chi connectivity index (χ1v) is 6.16. The van der Waals surface area contributed by atoms with Gasteiger partial charge in [-0.1, -0.05) is 0 Å². The van der Waals surface area contributed by atoms with Crippen molar-refractivity contribution in [2.45, 2.75) is 25.0 Å². The number of phenols is 1. The average Bonchev–Trinajstić information content (AvgIpc) is 2.32. The molecule has 0 saturated heterocycles. The van der Waals surface area contributed by atoms with Crippen LogP contribution in [-0.4, -0.2) is 41.5 Å². The van der Waals surface area contributed by atoms with Crippen LogP contribution in [0.2, 0.25) is 0 Å². The van der Waals surface area contributed by atoms with E-state index < -0.39 is 17.7 Å². The third kappa shape index (κ3) is 3.18. The SMILES string of the molecule is COC1CC(NC(=O)Nc2ccc(C(=O)O)c(O)c2)C1. The highest BCUT2D eigenvalue weighted by molar-refractivity contribution is 5.94. The number of carbonyl (C=O) groups is 2. The number of rotatable bonds is 4. The minimum absolute atomic E-state index is 0.0758. The lowest BCUT2D eigenvalue weighted by atomic mass is 9.89. The summed E-state index contributed by atoms with van der Waals surface area (Å²) >= 11 is 0. The van der Waals surface area contributed by atoms with E-state index in [1.807, 2.05) is 0 Å². The average molecular weight is 280 g/mol. The van der Waals surface area contributed by atoms with Gasteiger partial charge < -0.3 is 25.6 Å². The smallest absolute Gasteiger partial charge is 0.339 e. The maximum Gasteiger partial charge on any atom is 0.339 e. The van der Waals surface area contributed by atoms with Gasteiger partial charge in [-0.05, 0) is 25.0 Å². The lowest BCUT2D eigenvalue weighted by Gasteiger charge is -2.34. The Morgan fingerprint density at radius 1 is 1.35 bits per heavy atom. The van der Waals surface area contributed by atoms with Crippen LogP contribution >= 0.6 is 0 Å². The molecule has 20 heavy (non-hydrogen) atoms. The van der Waals surface area contributed by atoms with Crippen molar-refractivity contribution in [1.82, 2.24) is 5.32 Å². The molecule has 0 bridgehead atoms. The van der Waals surface area contributed by atoms with Crippen LogP contribution in [-0.2, 0) is 4.74 Å². The van der Waals surface area contributed by atoms with E-state index in [9.17, 15) is 14.7 Å². The number of methoxy groups -OCH3 is 1. The van der Waals surface area contributed by atoms with Crippen LogP contribution < -0.4 is 10.6 Å². The second kappa shape index (κ2) is 5.79. The van der Waals surface area contributed by atoms with Gasteiger partial charge in [0.05, 0.1) is 6.10 Å². The second-order valence-electron chi connectivity index (χ2n) is 4.66. The van der Waals surface area contributed by atoms with Gasteiger partial charge in [-0.15, -0.1) is 0 Å². The van der Waals surface area contributed by atoms with Gasteiger partial charge in [0.25, 0.3) is 0 Å². The number of carboxylic acid groups (broad SMARTS) is 1. The highest BCUT2D eigenvalue weighted by Crippen LogP contribution is 2.24. The van der Waals surface area contributed by atoms with Gasteiger partial charge in [-0.3, -0.25) is 0 Å². The summed E-state index contributed by atoms with van der Waals surface area (Å²) in [7, 11) is 1.63.